The lowest BCUT2D eigenvalue weighted by Gasteiger charge is -2.17. The van der Waals surface area contributed by atoms with Crippen molar-refractivity contribution < 1.29 is 19.0 Å². The minimum Gasteiger partial charge on any atom is -0.494 e. The zero-order valence-electron chi connectivity index (χ0n) is 15.0. The number of unbranched alkanes of at least 4 members (excludes halogenated alkanes) is 1. The van der Waals surface area contributed by atoms with Crippen LogP contribution >= 0.6 is 0 Å². The van der Waals surface area contributed by atoms with Crippen LogP contribution < -0.4 is 19.5 Å². The van der Waals surface area contributed by atoms with Crippen LogP contribution in [-0.2, 0) is 4.79 Å². The molecule has 0 spiro atoms. The summed E-state index contributed by atoms with van der Waals surface area (Å²) in [5.41, 5.74) is 0.675. The molecule has 2 aromatic carbocycles. The van der Waals surface area contributed by atoms with Crippen molar-refractivity contribution in [2.75, 3.05) is 19.0 Å². The lowest BCUT2D eigenvalue weighted by atomic mass is 10.2. The van der Waals surface area contributed by atoms with E-state index >= 15 is 0 Å². The third-order valence-corrected chi connectivity index (χ3v) is 3.61. The Kier molecular flexibility index (Phi) is 7.14. The summed E-state index contributed by atoms with van der Waals surface area (Å²) in [4.78, 5) is 12.4. The van der Waals surface area contributed by atoms with Crippen LogP contribution in [0.3, 0.4) is 0 Å². The van der Waals surface area contributed by atoms with Crippen LogP contribution in [0.4, 0.5) is 5.69 Å². The predicted octanol–water partition coefficient (Wildman–Crippen LogP) is 4.28. The van der Waals surface area contributed by atoms with Crippen LogP contribution in [0.5, 0.6) is 17.2 Å². The van der Waals surface area contributed by atoms with Crippen molar-refractivity contribution >= 4 is 11.6 Å². The number of benzene rings is 2. The number of para-hydroxylation sites is 2. The minimum atomic E-state index is -0.666. The molecule has 1 amide bonds. The molecule has 0 radical (unpaired) electrons. The lowest BCUT2D eigenvalue weighted by molar-refractivity contribution is -0.122. The Balaban J connectivity index is 1.95. The first kappa shape index (κ1) is 18.6. The molecular formula is C20H25NO4. The van der Waals surface area contributed by atoms with Gasteiger partial charge in [0.25, 0.3) is 5.91 Å². The van der Waals surface area contributed by atoms with Crippen LogP contribution in [0.15, 0.2) is 48.5 Å². The van der Waals surface area contributed by atoms with Crippen molar-refractivity contribution in [3.8, 4) is 17.2 Å². The highest BCUT2D eigenvalue weighted by Gasteiger charge is 2.17. The van der Waals surface area contributed by atoms with E-state index in [4.69, 9.17) is 14.2 Å². The summed E-state index contributed by atoms with van der Waals surface area (Å²) in [6, 6.07) is 14.6. The first-order valence-electron chi connectivity index (χ1n) is 8.47. The van der Waals surface area contributed by atoms with Gasteiger partial charge >= 0.3 is 0 Å². The quantitative estimate of drug-likeness (QED) is 0.691. The Labute approximate surface area is 148 Å². The van der Waals surface area contributed by atoms with E-state index in [1.54, 1.807) is 26.2 Å². The molecule has 1 unspecified atom stereocenters. The number of nitrogens with one attached hydrogen (secondary N) is 1. The maximum Gasteiger partial charge on any atom is 0.265 e. The van der Waals surface area contributed by atoms with Gasteiger partial charge in [0.15, 0.2) is 17.6 Å². The highest BCUT2D eigenvalue weighted by Crippen LogP contribution is 2.27. The second kappa shape index (κ2) is 9.57. The van der Waals surface area contributed by atoms with E-state index in [2.05, 4.69) is 12.2 Å². The standard InChI is InChI=1S/C20H25NO4/c1-4-5-13-24-17-10-8-9-16(14-17)21-20(22)15(2)25-19-12-7-6-11-18(19)23-3/h6-12,14-15H,4-5,13H2,1-3H3,(H,21,22). The molecule has 2 aromatic rings. The lowest BCUT2D eigenvalue weighted by Crippen LogP contribution is -2.30. The molecule has 0 aliphatic rings. The van der Waals surface area contributed by atoms with Crippen molar-refractivity contribution in [3.05, 3.63) is 48.5 Å². The number of carbonyl (C=O) groups is 1. The largest absolute Gasteiger partial charge is 0.494 e. The van der Waals surface area contributed by atoms with Gasteiger partial charge in [-0.25, -0.2) is 0 Å². The number of rotatable bonds is 9. The fraction of sp³-hybridized carbons (Fsp3) is 0.350. The Morgan fingerprint density at radius 2 is 1.88 bits per heavy atom. The molecule has 5 nitrogen and oxygen atoms in total. The first-order valence-corrected chi connectivity index (χ1v) is 8.47. The Hall–Kier alpha value is -2.69. The molecule has 1 N–H and O–H groups in total. The van der Waals surface area contributed by atoms with Crippen LogP contribution in [0.2, 0.25) is 0 Å². The van der Waals surface area contributed by atoms with E-state index in [9.17, 15) is 4.79 Å². The van der Waals surface area contributed by atoms with Gasteiger partial charge in [0.2, 0.25) is 0 Å². The summed E-state index contributed by atoms with van der Waals surface area (Å²) in [7, 11) is 1.57. The minimum absolute atomic E-state index is 0.239. The summed E-state index contributed by atoms with van der Waals surface area (Å²) < 4.78 is 16.6. The molecule has 5 heteroatoms. The molecule has 0 aliphatic heterocycles. The fourth-order valence-electron chi connectivity index (χ4n) is 2.20. The van der Waals surface area contributed by atoms with Crippen molar-refractivity contribution in [1.82, 2.24) is 0 Å². The van der Waals surface area contributed by atoms with E-state index in [0.29, 0.717) is 23.8 Å². The van der Waals surface area contributed by atoms with Crippen LogP contribution in [0, 0.1) is 0 Å². The maximum atomic E-state index is 12.4. The van der Waals surface area contributed by atoms with Gasteiger partial charge in [0.1, 0.15) is 5.75 Å². The normalized spacial score (nSPS) is 11.5. The third-order valence-electron chi connectivity index (χ3n) is 3.61. The monoisotopic (exact) mass is 343 g/mol. The number of hydrogen-bond acceptors (Lipinski definition) is 4. The Bertz CT molecular complexity index is 687. The van der Waals surface area contributed by atoms with Crippen molar-refractivity contribution in [2.45, 2.75) is 32.8 Å². The van der Waals surface area contributed by atoms with Gasteiger partial charge in [-0.3, -0.25) is 4.79 Å². The molecule has 0 aliphatic carbocycles. The van der Waals surface area contributed by atoms with E-state index in [0.717, 1.165) is 18.6 Å². The van der Waals surface area contributed by atoms with Crippen molar-refractivity contribution in [3.63, 3.8) is 0 Å². The van der Waals surface area contributed by atoms with E-state index in [1.165, 1.54) is 0 Å². The second-order valence-electron chi connectivity index (χ2n) is 5.63. The van der Waals surface area contributed by atoms with Gasteiger partial charge in [-0.05, 0) is 37.6 Å². The zero-order valence-corrected chi connectivity index (χ0v) is 15.0. The number of anilines is 1. The number of ether oxygens (including phenoxy) is 3. The Morgan fingerprint density at radius 1 is 1.12 bits per heavy atom. The van der Waals surface area contributed by atoms with Crippen molar-refractivity contribution in [1.29, 1.82) is 0 Å². The van der Waals surface area contributed by atoms with Gasteiger partial charge in [-0.15, -0.1) is 0 Å². The molecular weight excluding hydrogens is 318 g/mol. The van der Waals surface area contributed by atoms with Crippen LogP contribution in [0.25, 0.3) is 0 Å². The summed E-state index contributed by atoms with van der Waals surface area (Å²) in [5.74, 6) is 1.62. The molecule has 134 valence electrons. The summed E-state index contributed by atoms with van der Waals surface area (Å²) in [5, 5.41) is 2.85. The first-order chi connectivity index (χ1) is 12.1. The average molecular weight is 343 g/mol. The molecule has 0 aromatic heterocycles. The summed E-state index contributed by atoms with van der Waals surface area (Å²) in [6.45, 7) is 4.48. The highest BCUT2D eigenvalue weighted by atomic mass is 16.5. The number of hydrogen-bond donors (Lipinski definition) is 1. The predicted molar refractivity (Wildman–Crippen MR) is 98.6 cm³/mol. The number of carbonyl (C=O) groups excluding carboxylic acids is 1. The molecule has 0 fully saturated rings. The maximum absolute atomic E-state index is 12.4. The van der Waals surface area contributed by atoms with Crippen LogP contribution in [-0.4, -0.2) is 25.7 Å². The fourth-order valence-corrected chi connectivity index (χ4v) is 2.20. The van der Waals surface area contributed by atoms with Gasteiger partial charge in [-0.1, -0.05) is 31.5 Å². The van der Waals surface area contributed by atoms with Gasteiger partial charge < -0.3 is 19.5 Å². The van der Waals surface area contributed by atoms with Gasteiger partial charge in [0.05, 0.1) is 13.7 Å². The molecule has 2 rings (SSSR count). The topological polar surface area (TPSA) is 56.8 Å². The van der Waals surface area contributed by atoms with Gasteiger partial charge in [0, 0.05) is 11.8 Å². The van der Waals surface area contributed by atoms with E-state index in [-0.39, 0.29) is 5.91 Å². The van der Waals surface area contributed by atoms with E-state index < -0.39 is 6.10 Å². The molecule has 0 saturated carbocycles. The molecule has 0 saturated heterocycles. The zero-order chi connectivity index (χ0) is 18.1. The average Bonchev–Trinajstić information content (AvgIpc) is 2.62. The summed E-state index contributed by atoms with van der Waals surface area (Å²) >= 11 is 0. The SMILES string of the molecule is CCCCOc1cccc(NC(=O)C(C)Oc2ccccc2OC)c1. The Morgan fingerprint density at radius 3 is 2.60 bits per heavy atom. The number of amides is 1. The smallest absolute Gasteiger partial charge is 0.265 e. The van der Waals surface area contributed by atoms with Gasteiger partial charge in [-0.2, -0.15) is 0 Å². The molecule has 25 heavy (non-hydrogen) atoms. The van der Waals surface area contributed by atoms with E-state index in [1.807, 2.05) is 36.4 Å². The molecule has 0 bridgehead atoms. The summed E-state index contributed by atoms with van der Waals surface area (Å²) in [6.07, 6.45) is 1.41. The number of methoxy groups -OCH3 is 1. The molecule has 0 heterocycles. The third kappa shape index (κ3) is 5.71. The van der Waals surface area contributed by atoms with Crippen LogP contribution in [0.1, 0.15) is 26.7 Å². The highest BCUT2D eigenvalue weighted by molar-refractivity contribution is 5.94. The second-order valence-corrected chi connectivity index (χ2v) is 5.63. The van der Waals surface area contributed by atoms with Crippen molar-refractivity contribution in [2.24, 2.45) is 0 Å². The molecule has 1 atom stereocenters.